The molecule has 0 spiro atoms. The minimum atomic E-state index is -3.64. The van der Waals surface area contributed by atoms with Crippen molar-refractivity contribution in [2.24, 2.45) is 5.92 Å². The number of aryl methyl sites for hydroxylation is 1. The third-order valence-corrected chi connectivity index (χ3v) is 7.50. The van der Waals surface area contributed by atoms with Crippen LogP contribution in [-0.4, -0.2) is 44.7 Å². The zero-order chi connectivity index (χ0) is 20.3. The molecule has 28 heavy (non-hydrogen) atoms. The number of carbonyl (C=O) groups is 2. The van der Waals surface area contributed by atoms with Crippen LogP contribution in [0.1, 0.15) is 28.8 Å². The van der Waals surface area contributed by atoms with E-state index in [1.54, 1.807) is 35.7 Å². The van der Waals surface area contributed by atoms with E-state index in [1.807, 2.05) is 6.92 Å². The van der Waals surface area contributed by atoms with Crippen molar-refractivity contribution in [1.82, 2.24) is 9.62 Å². The Balaban J connectivity index is 1.72. The van der Waals surface area contributed by atoms with E-state index in [9.17, 15) is 18.0 Å². The topological polar surface area (TPSA) is 95.6 Å². The van der Waals surface area contributed by atoms with Crippen molar-refractivity contribution in [2.45, 2.75) is 24.7 Å². The molecule has 1 atom stereocenters. The highest BCUT2D eigenvalue weighted by molar-refractivity contribution is 7.89. The number of rotatable bonds is 5. The average Bonchev–Trinajstić information content (AvgIpc) is 3.16. The van der Waals surface area contributed by atoms with Gasteiger partial charge in [-0.3, -0.25) is 9.59 Å². The maximum absolute atomic E-state index is 12.9. The van der Waals surface area contributed by atoms with Gasteiger partial charge in [0.15, 0.2) is 0 Å². The van der Waals surface area contributed by atoms with Crippen molar-refractivity contribution < 1.29 is 18.0 Å². The van der Waals surface area contributed by atoms with Gasteiger partial charge in [0.1, 0.15) is 5.00 Å². The van der Waals surface area contributed by atoms with Crippen molar-refractivity contribution in [3.05, 3.63) is 46.8 Å². The van der Waals surface area contributed by atoms with E-state index in [0.29, 0.717) is 30.0 Å². The summed E-state index contributed by atoms with van der Waals surface area (Å²) in [5.74, 6) is -1.01. The summed E-state index contributed by atoms with van der Waals surface area (Å²) in [6.07, 6.45) is 1.21. The Hall–Kier alpha value is -2.23. The van der Waals surface area contributed by atoms with E-state index in [4.69, 9.17) is 0 Å². The summed E-state index contributed by atoms with van der Waals surface area (Å²) in [5.41, 5.74) is 1.39. The summed E-state index contributed by atoms with van der Waals surface area (Å²) in [5, 5.41) is 7.54. The molecule has 0 saturated carbocycles. The molecule has 2 N–H and O–H groups in total. The Labute approximate surface area is 168 Å². The second-order valence-corrected chi connectivity index (χ2v) is 9.60. The number of nitrogens with one attached hydrogen (secondary N) is 2. The lowest BCUT2D eigenvalue weighted by atomic mass is 9.99. The molecule has 1 aliphatic heterocycles. The second-order valence-electron chi connectivity index (χ2n) is 6.75. The number of thiophene rings is 1. The Morgan fingerprint density at radius 2 is 1.89 bits per heavy atom. The molecule has 1 unspecified atom stereocenters. The highest BCUT2D eigenvalue weighted by Crippen LogP contribution is 2.27. The normalized spacial score (nSPS) is 17.9. The van der Waals surface area contributed by atoms with Crippen LogP contribution in [-0.2, 0) is 14.8 Å². The molecule has 0 aliphatic carbocycles. The molecule has 3 rings (SSSR count). The summed E-state index contributed by atoms with van der Waals surface area (Å²) in [6.45, 7) is 2.42. The Morgan fingerprint density at radius 3 is 2.57 bits per heavy atom. The van der Waals surface area contributed by atoms with Gasteiger partial charge in [-0.15, -0.1) is 11.3 Å². The van der Waals surface area contributed by atoms with E-state index in [2.05, 4.69) is 10.6 Å². The molecule has 1 saturated heterocycles. The Kier molecular flexibility index (Phi) is 6.17. The number of carbonyl (C=O) groups excluding carboxylic acids is 2. The van der Waals surface area contributed by atoms with E-state index in [0.717, 1.165) is 5.56 Å². The monoisotopic (exact) mass is 421 g/mol. The van der Waals surface area contributed by atoms with Crippen LogP contribution in [0.2, 0.25) is 0 Å². The molecule has 2 heterocycles. The maximum atomic E-state index is 12.9. The fraction of sp³-hybridized carbons (Fsp3) is 0.368. The number of anilines is 1. The highest BCUT2D eigenvalue weighted by atomic mass is 32.2. The number of piperidine rings is 1. The number of nitrogens with zero attached hydrogens (tertiary/aromatic N) is 1. The first-order chi connectivity index (χ1) is 13.3. The van der Waals surface area contributed by atoms with E-state index >= 15 is 0 Å². The summed E-state index contributed by atoms with van der Waals surface area (Å²) in [7, 11) is -2.11. The van der Waals surface area contributed by atoms with Gasteiger partial charge in [0.05, 0.1) is 16.4 Å². The van der Waals surface area contributed by atoms with Crippen molar-refractivity contribution in [3.8, 4) is 0 Å². The van der Waals surface area contributed by atoms with Gasteiger partial charge in [-0.25, -0.2) is 8.42 Å². The van der Waals surface area contributed by atoms with Crippen LogP contribution >= 0.6 is 11.3 Å². The van der Waals surface area contributed by atoms with Gasteiger partial charge in [0.25, 0.3) is 5.91 Å². The van der Waals surface area contributed by atoms with Crippen LogP contribution in [0, 0.1) is 12.8 Å². The fourth-order valence-corrected chi connectivity index (χ4v) is 5.48. The van der Waals surface area contributed by atoms with Crippen molar-refractivity contribution in [3.63, 3.8) is 0 Å². The van der Waals surface area contributed by atoms with Crippen molar-refractivity contribution >= 4 is 38.2 Å². The van der Waals surface area contributed by atoms with Gasteiger partial charge < -0.3 is 10.6 Å². The standard InChI is InChI=1S/C19H23N3O4S2/c1-13-5-7-15(8-6-13)28(25,26)22-10-3-4-14(12-22)17(23)21-19-16(9-11-27-19)18(24)20-2/h5-9,11,14H,3-4,10,12H2,1-2H3,(H,20,24)(H,21,23). The third kappa shape index (κ3) is 4.26. The van der Waals surface area contributed by atoms with Crippen molar-refractivity contribution in [2.75, 3.05) is 25.5 Å². The molecule has 9 heteroatoms. The first kappa shape index (κ1) is 20.5. The summed E-state index contributed by atoms with van der Waals surface area (Å²) in [6, 6.07) is 8.36. The lowest BCUT2D eigenvalue weighted by molar-refractivity contribution is -0.120. The van der Waals surface area contributed by atoms with Crippen LogP contribution in [0.15, 0.2) is 40.6 Å². The third-order valence-electron chi connectivity index (χ3n) is 4.79. The molecular weight excluding hydrogens is 398 g/mol. The van der Waals surface area contributed by atoms with Gasteiger partial charge in [-0.1, -0.05) is 17.7 Å². The Morgan fingerprint density at radius 1 is 1.18 bits per heavy atom. The number of amides is 2. The van der Waals surface area contributed by atoms with Crippen LogP contribution in [0.3, 0.4) is 0 Å². The summed E-state index contributed by atoms with van der Waals surface area (Å²) in [4.78, 5) is 24.8. The van der Waals surface area contributed by atoms with E-state index in [-0.39, 0.29) is 23.3 Å². The predicted molar refractivity (Wildman–Crippen MR) is 109 cm³/mol. The smallest absolute Gasteiger partial charge is 0.254 e. The molecule has 7 nitrogen and oxygen atoms in total. The van der Waals surface area contributed by atoms with Crippen LogP contribution in [0.5, 0.6) is 0 Å². The molecule has 1 aromatic carbocycles. The van der Waals surface area contributed by atoms with Crippen molar-refractivity contribution in [1.29, 1.82) is 0 Å². The summed E-state index contributed by atoms with van der Waals surface area (Å²) >= 11 is 1.27. The number of hydrogen-bond acceptors (Lipinski definition) is 5. The second kappa shape index (κ2) is 8.42. The van der Waals surface area contributed by atoms with Gasteiger partial charge in [0.2, 0.25) is 15.9 Å². The molecule has 2 amide bonds. The molecule has 1 fully saturated rings. The van der Waals surface area contributed by atoms with Gasteiger partial charge >= 0.3 is 0 Å². The molecule has 1 aromatic heterocycles. The molecule has 2 aromatic rings. The molecular formula is C19H23N3O4S2. The minimum Gasteiger partial charge on any atom is -0.355 e. The first-order valence-corrected chi connectivity index (χ1v) is 11.3. The molecule has 1 aliphatic rings. The highest BCUT2D eigenvalue weighted by Gasteiger charge is 2.33. The van der Waals surface area contributed by atoms with Gasteiger partial charge in [-0.2, -0.15) is 4.31 Å². The van der Waals surface area contributed by atoms with E-state index in [1.165, 1.54) is 22.7 Å². The predicted octanol–water partition coefficient (Wildman–Crippen LogP) is 2.46. The summed E-state index contributed by atoms with van der Waals surface area (Å²) < 4.78 is 27.2. The lowest BCUT2D eigenvalue weighted by Gasteiger charge is -2.31. The SMILES string of the molecule is CNC(=O)c1ccsc1NC(=O)C1CCCN(S(=O)(=O)c2ccc(C)cc2)C1. The maximum Gasteiger partial charge on any atom is 0.254 e. The van der Waals surface area contributed by atoms with Gasteiger partial charge in [-0.05, 0) is 43.3 Å². The molecule has 150 valence electrons. The van der Waals surface area contributed by atoms with E-state index < -0.39 is 15.9 Å². The Bertz CT molecular complexity index is 967. The van der Waals surface area contributed by atoms with Gasteiger partial charge in [0, 0.05) is 20.1 Å². The van der Waals surface area contributed by atoms with Crippen LogP contribution < -0.4 is 10.6 Å². The number of benzene rings is 1. The number of sulfonamides is 1. The zero-order valence-corrected chi connectivity index (χ0v) is 17.4. The zero-order valence-electron chi connectivity index (χ0n) is 15.8. The quantitative estimate of drug-likeness (QED) is 0.775. The number of hydrogen-bond donors (Lipinski definition) is 2. The lowest BCUT2D eigenvalue weighted by Crippen LogP contribution is -2.43. The fourth-order valence-electron chi connectivity index (χ4n) is 3.17. The molecule has 0 radical (unpaired) electrons. The average molecular weight is 422 g/mol. The van der Waals surface area contributed by atoms with Crippen LogP contribution in [0.25, 0.3) is 0 Å². The molecule has 0 bridgehead atoms. The largest absolute Gasteiger partial charge is 0.355 e. The first-order valence-electron chi connectivity index (χ1n) is 9.00. The minimum absolute atomic E-state index is 0.128. The van der Waals surface area contributed by atoms with Crippen LogP contribution in [0.4, 0.5) is 5.00 Å².